The van der Waals surface area contributed by atoms with E-state index < -0.39 is 53.5 Å². The fourth-order valence-corrected chi connectivity index (χ4v) is 6.45. The molecule has 0 aromatic heterocycles. The number of hydrogen-bond donors (Lipinski definition) is 5. The molecular formula is C36H56N2O9S. The number of carbonyl (C=O) groups excluding carboxylic acids is 3. The first-order chi connectivity index (χ1) is 22.9. The molecule has 0 unspecified atom stereocenters. The number of Topliss-reactive ketones (excluding diaryl/α,β-unsaturated/α-hetero) is 2. The number of ketones is 2. The van der Waals surface area contributed by atoms with Gasteiger partial charge in [0.2, 0.25) is 5.91 Å². The number of nitrogens with two attached hydrogens (primary N) is 1. The fourth-order valence-electron chi connectivity index (χ4n) is 5.37. The average molecular weight is 693 g/mol. The normalized spacial score (nSPS) is 13.6. The Labute approximate surface area is 289 Å². The number of thioether (sulfide) groups is 1. The van der Waals surface area contributed by atoms with Crippen molar-refractivity contribution < 1.29 is 44.1 Å². The van der Waals surface area contributed by atoms with E-state index in [2.05, 4.69) is 12.2 Å². The molecule has 0 aliphatic rings. The van der Waals surface area contributed by atoms with E-state index in [1.54, 1.807) is 0 Å². The van der Waals surface area contributed by atoms with Gasteiger partial charge in [0.15, 0.2) is 0 Å². The van der Waals surface area contributed by atoms with E-state index in [0.717, 1.165) is 43.0 Å². The first kappa shape index (κ1) is 42.8. The highest BCUT2D eigenvalue weighted by atomic mass is 32.2. The Morgan fingerprint density at radius 3 is 1.77 bits per heavy atom. The number of hydrogen-bond acceptors (Lipinski definition) is 8. The number of aliphatic carboxylic acids is 3. The minimum Gasteiger partial charge on any atom is -0.481 e. The lowest BCUT2D eigenvalue weighted by Crippen LogP contribution is -2.44. The van der Waals surface area contributed by atoms with Gasteiger partial charge in [0.05, 0.1) is 5.92 Å². The van der Waals surface area contributed by atoms with E-state index in [1.807, 2.05) is 30.3 Å². The largest absolute Gasteiger partial charge is 0.481 e. The van der Waals surface area contributed by atoms with Gasteiger partial charge in [0.25, 0.3) is 0 Å². The van der Waals surface area contributed by atoms with E-state index in [4.69, 9.17) is 10.8 Å². The summed E-state index contributed by atoms with van der Waals surface area (Å²) < 4.78 is 0. The summed E-state index contributed by atoms with van der Waals surface area (Å²) in [5, 5.41) is 30.7. The third kappa shape index (κ3) is 20.2. The van der Waals surface area contributed by atoms with Crippen molar-refractivity contribution in [3.63, 3.8) is 0 Å². The van der Waals surface area contributed by atoms with Crippen LogP contribution in [0.1, 0.15) is 115 Å². The molecular weight excluding hydrogens is 636 g/mol. The van der Waals surface area contributed by atoms with E-state index in [1.165, 1.54) is 44.9 Å². The summed E-state index contributed by atoms with van der Waals surface area (Å²) in [6.07, 6.45) is 12.5. The van der Waals surface area contributed by atoms with Crippen LogP contribution in [0.5, 0.6) is 0 Å². The number of carbonyl (C=O) groups is 6. The van der Waals surface area contributed by atoms with Crippen LogP contribution in [0.2, 0.25) is 0 Å². The topological polar surface area (TPSA) is 201 Å². The zero-order valence-electron chi connectivity index (χ0n) is 28.4. The number of carboxylic acid groups (broad SMARTS) is 3. The molecule has 4 atom stereocenters. The molecule has 0 spiro atoms. The van der Waals surface area contributed by atoms with Crippen molar-refractivity contribution in [1.29, 1.82) is 0 Å². The van der Waals surface area contributed by atoms with Crippen LogP contribution in [0.25, 0.3) is 0 Å². The molecule has 0 aliphatic heterocycles. The summed E-state index contributed by atoms with van der Waals surface area (Å²) in [5.41, 5.74) is 6.27. The van der Waals surface area contributed by atoms with Crippen molar-refractivity contribution in [3.8, 4) is 0 Å². The second-order valence-electron chi connectivity index (χ2n) is 12.6. The molecule has 0 bridgehead atoms. The molecule has 48 heavy (non-hydrogen) atoms. The SMILES string of the molecule is CCCCCCCCCCCCCC(=O)C[C@@H](Cc1ccccc1)C(=O)N[C@H](CCC(=O)C[C@H](CSC[C@H](N)C(=O)O)C(=O)O)C(=O)O. The molecule has 0 saturated carbocycles. The fraction of sp³-hybridized carbons (Fsp3) is 0.667. The smallest absolute Gasteiger partial charge is 0.326 e. The highest BCUT2D eigenvalue weighted by Crippen LogP contribution is 2.19. The van der Waals surface area contributed by atoms with Crippen LogP contribution in [0, 0.1) is 11.8 Å². The lowest BCUT2D eigenvalue weighted by Gasteiger charge is -2.20. The molecule has 1 rings (SSSR count). The van der Waals surface area contributed by atoms with Crippen LogP contribution >= 0.6 is 11.8 Å². The maximum Gasteiger partial charge on any atom is 0.326 e. The summed E-state index contributed by atoms with van der Waals surface area (Å²) in [4.78, 5) is 73.4. The monoisotopic (exact) mass is 692 g/mol. The van der Waals surface area contributed by atoms with Gasteiger partial charge < -0.3 is 26.4 Å². The number of unbranched alkanes of at least 4 members (excludes halogenated alkanes) is 10. The van der Waals surface area contributed by atoms with Gasteiger partial charge in [-0.05, 0) is 24.8 Å². The maximum atomic E-state index is 13.3. The molecule has 1 amide bonds. The standard InChI is InChI=1S/C36H56N2O9S/c1-2-3-4-5-6-7-8-9-10-11-15-18-29(39)22-27(21-26-16-13-12-14-17-26)33(41)38-32(36(46)47)20-19-30(40)23-28(34(42)43)24-48-25-31(37)35(44)45/h12-14,16-17,27-28,31-32H,2-11,15,18-25,37H2,1H3,(H,38,41)(H,42,43)(H,44,45)(H,46,47)/t27-,28-,31+,32-/m1/s1. The van der Waals surface area contributed by atoms with Gasteiger partial charge in [0, 0.05) is 43.1 Å². The van der Waals surface area contributed by atoms with E-state index in [0.29, 0.717) is 6.42 Å². The molecule has 0 aliphatic carbocycles. The van der Waals surface area contributed by atoms with Gasteiger partial charge in [-0.15, -0.1) is 0 Å². The third-order valence-corrected chi connectivity index (χ3v) is 9.55. The first-order valence-electron chi connectivity index (χ1n) is 17.3. The van der Waals surface area contributed by atoms with Crippen molar-refractivity contribution in [2.75, 3.05) is 11.5 Å². The Kier molecular flexibility index (Phi) is 22.9. The Morgan fingerprint density at radius 1 is 0.688 bits per heavy atom. The molecule has 0 fully saturated rings. The minimum atomic E-state index is -1.40. The molecule has 12 heteroatoms. The van der Waals surface area contributed by atoms with E-state index in [-0.39, 0.29) is 49.4 Å². The molecule has 11 nitrogen and oxygen atoms in total. The van der Waals surface area contributed by atoms with Crippen molar-refractivity contribution in [3.05, 3.63) is 35.9 Å². The average Bonchev–Trinajstić information content (AvgIpc) is 3.04. The number of nitrogens with one attached hydrogen (secondary N) is 1. The van der Waals surface area contributed by atoms with Gasteiger partial charge in [-0.3, -0.25) is 24.0 Å². The number of amides is 1. The third-order valence-electron chi connectivity index (χ3n) is 8.31. The zero-order valence-corrected chi connectivity index (χ0v) is 29.2. The van der Waals surface area contributed by atoms with Crippen LogP contribution in [-0.2, 0) is 35.2 Å². The lowest BCUT2D eigenvalue weighted by molar-refractivity contribution is -0.144. The second-order valence-corrected chi connectivity index (χ2v) is 13.7. The second kappa shape index (κ2) is 25.7. The van der Waals surface area contributed by atoms with Crippen LogP contribution in [0.3, 0.4) is 0 Å². The lowest BCUT2D eigenvalue weighted by atomic mass is 9.91. The molecule has 1 aromatic carbocycles. The number of carboxylic acids is 3. The highest BCUT2D eigenvalue weighted by molar-refractivity contribution is 7.99. The molecule has 270 valence electrons. The Bertz CT molecular complexity index is 1130. The predicted molar refractivity (Wildman–Crippen MR) is 187 cm³/mol. The summed E-state index contributed by atoms with van der Waals surface area (Å²) in [7, 11) is 0. The summed E-state index contributed by atoms with van der Waals surface area (Å²) in [6.45, 7) is 2.21. The van der Waals surface area contributed by atoms with Crippen LogP contribution in [0.15, 0.2) is 30.3 Å². The van der Waals surface area contributed by atoms with Gasteiger partial charge in [-0.2, -0.15) is 11.8 Å². The summed E-state index contributed by atoms with van der Waals surface area (Å²) in [6, 6.07) is 6.62. The summed E-state index contributed by atoms with van der Waals surface area (Å²) >= 11 is 1.01. The van der Waals surface area contributed by atoms with Gasteiger partial charge in [-0.25, -0.2) is 4.79 Å². The Hall–Kier alpha value is -3.25. The molecule has 0 heterocycles. The maximum absolute atomic E-state index is 13.3. The number of rotatable bonds is 30. The van der Waals surface area contributed by atoms with Crippen LogP contribution in [-0.4, -0.2) is 74.3 Å². The minimum absolute atomic E-state index is 0.0206. The summed E-state index contributed by atoms with van der Waals surface area (Å²) in [5.74, 6) is -6.84. The van der Waals surface area contributed by atoms with Gasteiger partial charge in [0.1, 0.15) is 23.7 Å². The van der Waals surface area contributed by atoms with E-state index in [9.17, 15) is 39.0 Å². The Morgan fingerprint density at radius 2 is 1.23 bits per heavy atom. The molecule has 0 radical (unpaired) electrons. The molecule has 1 aromatic rings. The first-order valence-corrected chi connectivity index (χ1v) is 18.5. The Balaban J connectivity index is 2.65. The van der Waals surface area contributed by atoms with Crippen molar-refractivity contribution in [1.82, 2.24) is 5.32 Å². The van der Waals surface area contributed by atoms with Gasteiger partial charge in [-0.1, -0.05) is 101 Å². The molecule has 6 N–H and O–H groups in total. The van der Waals surface area contributed by atoms with Crippen LogP contribution in [0.4, 0.5) is 0 Å². The number of benzene rings is 1. The highest BCUT2D eigenvalue weighted by Gasteiger charge is 2.29. The zero-order chi connectivity index (χ0) is 35.7. The van der Waals surface area contributed by atoms with Gasteiger partial charge >= 0.3 is 17.9 Å². The van der Waals surface area contributed by atoms with E-state index >= 15 is 0 Å². The van der Waals surface area contributed by atoms with Crippen molar-refractivity contribution in [2.45, 2.75) is 128 Å². The van der Waals surface area contributed by atoms with Crippen molar-refractivity contribution in [2.24, 2.45) is 17.6 Å². The quantitative estimate of drug-likeness (QED) is 0.0623. The van der Waals surface area contributed by atoms with Crippen molar-refractivity contribution >= 4 is 47.1 Å². The van der Waals surface area contributed by atoms with Crippen LogP contribution < -0.4 is 11.1 Å². The predicted octanol–water partition coefficient (Wildman–Crippen LogP) is 5.66. The molecule has 0 saturated heterocycles.